The van der Waals surface area contributed by atoms with Crippen molar-refractivity contribution in [2.45, 2.75) is 82.9 Å². The number of para-hydroxylation sites is 2. The van der Waals surface area contributed by atoms with Gasteiger partial charge >= 0.3 is 0 Å². The minimum absolute atomic E-state index is 0.00236. The third-order valence-corrected chi connectivity index (χ3v) is 17.8. The van der Waals surface area contributed by atoms with E-state index < -0.39 is 0 Å². The van der Waals surface area contributed by atoms with E-state index in [9.17, 15) is 14.4 Å². The average molecular weight is 1090 g/mol. The number of amides is 2. The highest BCUT2D eigenvalue weighted by Gasteiger charge is 2.40. The molecule has 0 bridgehead atoms. The summed E-state index contributed by atoms with van der Waals surface area (Å²) in [6, 6.07) is 30.0. The van der Waals surface area contributed by atoms with Gasteiger partial charge in [0.1, 0.15) is 19.0 Å². The second-order valence-electron chi connectivity index (χ2n) is 20.5. The molecule has 0 radical (unpaired) electrons. The number of carbonyl (C=O) groups is 3. The number of carbonyl (C=O) groups excluding carboxylic acids is 3. The molecule has 15 nitrogen and oxygen atoms in total. The van der Waals surface area contributed by atoms with Gasteiger partial charge in [-0.1, -0.05) is 64.9 Å². The molecule has 5 aromatic rings. The molecule has 0 aliphatic carbocycles. The van der Waals surface area contributed by atoms with Gasteiger partial charge in [-0.3, -0.25) is 14.4 Å². The van der Waals surface area contributed by atoms with Crippen LogP contribution in [0.4, 0.5) is 28.4 Å². The van der Waals surface area contributed by atoms with Crippen LogP contribution < -0.4 is 43.9 Å². The molecule has 0 fully saturated rings. The second kappa shape index (κ2) is 25.6. The Morgan fingerprint density at radius 2 is 1.31 bits per heavy atom. The summed E-state index contributed by atoms with van der Waals surface area (Å²) in [5, 5.41) is 3.56. The Morgan fingerprint density at radius 3 is 1.97 bits per heavy atom. The molecule has 4 aliphatic rings. The molecule has 2 atom stereocenters. The molecule has 17 heteroatoms. The number of anilines is 5. The van der Waals surface area contributed by atoms with Gasteiger partial charge in [0.05, 0.1) is 81.8 Å². The molecule has 4 heterocycles. The van der Waals surface area contributed by atoms with E-state index in [4.69, 9.17) is 33.2 Å². The van der Waals surface area contributed by atoms with Crippen molar-refractivity contribution in [1.82, 2.24) is 0 Å². The fraction of sp³-hybridized carbons (Fsp3) is 0.450. The van der Waals surface area contributed by atoms with Gasteiger partial charge in [0.15, 0.2) is 23.0 Å². The first-order chi connectivity index (χ1) is 37.4. The SMILES string of the molecule is CCC(=O)CCCSSC(C)(C)CN(CCOCCOCCOC)c1cc(COc2cc3c(cc2OC)C(=O)N2c4ccccc4C[C@H]2CN3)cc(COc2cc3c(cc2OC)C(=O)N2c4ccccc4C[C@H]2CN3C)c1. The molecule has 0 aromatic heterocycles. The summed E-state index contributed by atoms with van der Waals surface area (Å²) in [4.78, 5) is 49.1. The van der Waals surface area contributed by atoms with Crippen molar-refractivity contribution in [3.8, 4) is 23.0 Å². The van der Waals surface area contributed by atoms with Crippen molar-refractivity contribution in [3.05, 3.63) is 124 Å². The summed E-state index contributed by atoms with van der Waals surface area (Å²) in [5.74, 6) is 2.97. The van der Waals surface area contributed by atoms with E-state index in [2.05, 4.69) is 59.3 Å². The van der Waals surface area contributed by atoms with Crippen LogP contribution in [0.5, 0.6) is 23.0 Å². The highest BCUT2D eigenvalue weighted by atomic mass is 33.1. The zero-order valence-electron chi connectivity index (χ0n) is 45.5. The fourth-order valence-corrected chi connectivity index (χ4v) is 13.3. The number of hydrogen-bond donors (Lipinski definition) is 1. The molecular weight excluding hydrogens is 1010 g/mol. The topological polar surface area (TPSA) is 141 Å². The molecule has 0 unspecified atom stereocenters. The number of nitrogens with one attached hydrogen (secondary N) is 1. The molecular formula is C60H73N5O10S2. The minimum atomic E-state index is -0.210. The molecule has 1 N–H and O–H groups in total. The number of Topliss-reactive ketones (excluding diaryl/α,β-unsaturated/α-hetero) is 1. The van der Waals surface area contributed by atoms with E-state index in [1.807, 2.05) is 89.2 Å². The maximum absolute atomic E-state index is 14.4. The number of rotatable bonds is 27. The highest BCUT2D eigenvalue weighted by Crippen LogP contribution is 2.44. The van der Waals surface area contributed by atoms with Crippen LogP contribution in [0.3, 0.4) is 0 Å². The minimum Gasteiger partial charge on any atom is -0.493 e. The van der Waals surface area contributed by atoms with Gasteiger partial charge in [-0.25, -0.2) is 0 Å². The summed E-state index contributed by atoms with van der Waals surface area (Å²) in [7, 11) is 10.5. The molecule has 410 valence electrons. The quantitative estimate of drug-likeness (QED) is 0.0394. The monoisotopic (exact) mass is 1090 g/mol. The van der Waals surface area contributed by atoms with Gasteiger partial charge in [0, 0.05) is 92.9 Å². The van der Waals surface area contributed by atoms with Crippen LogP contribution >= 0.6 is 21.6 Å². The molecule has 77 heavy (non-hydrogen) atoms. The lowest BCUT2D eigenvalue weighted by molar-refractivity contribution is -0.118. The van der Waals surface area contributed by atoms with Crippen molar-refractivity contribution in [3.63, 3.8) is 0 Å². The van der Waals surface area contributed by atoms with Crippen LogP contribution in [-0.4, -0.2) is 128 Å². The summed E-state index contributed by atoms with van der Waals surface area (Å²) in [6.07, 6.45) is 3.58. The molecule has 0 saturated carbocycles. The Hall–Kier alpha value is -6.11. The van der Waals surface area contributed by atoms with Gasteiger partial charge in [0.2, 0.25) is 0 Å². The number of methoxy groups -OCH3 is 3. The Labute approximate surface area is 461 Å². The highest BCUT2D eigenvalue weighted by molar-refractivity contribution is 8.77. The molecule has 4 aliphatic heterocycles. The van der Waals surface area contributed by atoms with Crippen molar-refractivity contribution in [2.24, 2.45) is 0 Å². The van der Waals surface area contributed by atoms with Gasteiger partial charge in [-0.2, -0.15) is 0 Å². The largest absolute Gasteiger partial charge is 0.493 e. The summed E-state index contributed by atoms with van der Waals surface area (Å²) >= 11 is 0. The Kier molecular flexibility index (Phi) is 18.5. The number of fused-ring (bicyclic) bond motifs is 8. The van der Waals surface area contributed by atoms with E-state index in [0.717, 1.165) is 64.5 Å². The summed E-state index contributed by atoms with van der Waals surface area (Å²) in [5.41, 5.74) is 9.52. The van der Waals surface area contributed by atoms with Gasteiger partial charge in [-0.15, -0.1) is 0 Å². The normalized spacial score (nSPS) is 16.3. The van der Waals surface area contributed by atoms with E-state index in [-0.39, 0.29) is 41.9 Å². The molecule has 5 aromatic carbocycles. The number of ether oxygens (including phenoxy) is 7. The lowest BCUT2D eigenvalue weighted by Gasteiger charge is -2.34. The first-order valence-corrected chi connectivity index (χ1v) is 29.0. The van der Waals surface area contributed by atoms with Crippen LogP contribution in [0.15, 0.2) is 91.0 Å². The lowest BCUT2D eigenvalue weighted by Crippen LogP contribution is -2.41. The van der Waals surface area contributed by atoms with E-state index in [1.165, 1.54) is 5.56 Å². The number of benzene rings is 5. The predicted molar refractivity (Wildman–Crippen MR) is 309 cm³/mol. The van der Waals surface area contributed by atoms with Crippen molar-refractivity contribution in [2.75, 3.05) is 118 Å². The maximum Gasteiger partial charge on any atom is 0.260 e. The second-order valence-corrected chi connectivity index (χ2v) is 23.7. The van der Waals surface area contributed by atoms with Crippen molar-refractivity contribution in [1.29, 1.82) is 0 Å². The molecule has 0 spiro atoms. The lowest BCUT2D eigenvalue weighted by atomic mass is 10.1. The number of likely N-dealkylation sites (N-methyl/N-ethyl adjacent to an activating group) is 1. The summed E-state index contributed by atoms with van der Waals surface area (Å²) in [6.45, 7) is 11.7. The third kappa shape index (κ3) is 13.1. The van der Waals surface area contributed by atoms with Crippen molar-refractivity contribution < 1.29 is 47.5 Å². The van der Waals surface area contributed by atoms with Crippen LogP contribution in [-0.2, 0) is 45.1 Å². The van der Waals surface area contributed by atoms with Crippen LogP contribution in [0.2, 0.25) is 0 Å². The van der Waals surface area contributed by atoms with Gasteiger partial charge in [-0.05, 0) is 97.8 Å². The first kappa shape index (κ1) is 55.6. The average Bonchev–Trinajstić information content (AvgIpc) is 3.98. The first-order valence-electron chi connectivity index (χ1n) is 26.7. The standard InChI is InChI=1S/C60H73N5O10S2/c1-8-47(66)16-13-25-76-77-60(2,3)39-63(19-20-72-23-24-73-22-21-69-5)44-27-40(37-74-56-33-50-48(31-54(56)70-6)58(67)64-45(35-61-50)29-42-14-9-11-17-51(42)64)26-41(28-44)38-75-57-34-53-49(32-55(57)71-7)59(68)65-46(36-62(53)4)30-43-15-10-12-18-52(43)65/h9-12,14-15,17-18,26-28,31-34,45-46,61H,8,13,16,19-25,29-30,35-39H2,1-7H3/t45-,46-/m0/s1. The number of nitrogens with zero attached hydrogens (tertiary/aromatic N) is 4. The van der Waals surface area contributed by atoms with E-state index in [1.54, 1.807) is 38.2 Å². The smallest absolute Gasteiger partial charge is 0.260 e. The predicted octanol–water partition coefficient (Wildman–Crippen LogP) is 10.3. The Bertz CT molecular complexity index is 2900. The number of hydrogen-bond acceptors (Lipinski definition) is 15. The number of ketones is 1. The van der Waals surface area contributed by atoms with E-state index >= 15 is 0 Å². The van der Waals surface area contributed by atoms with Crippen LogP contribution in [0.1, 0.15) is 83.0 Å². The molecule has 9 rings (SSSR count). The van der Waals surface area contributed by atoms with E-state index in [0.29, 0.717) is 118 Å². The van der Waals surface area contributed by atoms with Gasteiger partial charge < -0.3 is 58.1 Å². The van der Waals surface area contributed by atoms with Crippen LogP contribution in [0.25, 0.3) is 0 Å². The third-order valence-electron chi connectivity index (χ3n) is 14.5. The Balaban J connectivity index is 1.01. The maximum atomic E-state index is 14.4. The fourth-order valence-electron chi connectivity index (χ4n) is 10.7. The van der Waals surface area contributed by atoms with Gasteiger partial charge in [0.25, 0.3) is 11.8 Å². The molecule has 2 amide bonds. The van der Waals surface area contributed by atoms with Crippen LogP contribution in [0, 0.1) is 0 Å². The zero-order chi connectivity index (χ0) is 54.1. The summed E-state index contributed by atoms with van der Waals surface area (Å²) < 4.78 is 42.2. The Morgan fingerprint density at radius 1 is 0.714 bits per heavy atom. The zero-order valence-corrected chi connectivity index (χ0v) is 47.2. The molecule has 0 saturated heterocycles. The van der Waals surface area contributed by atoms with Crippen molar-refractivity contribution >= 4 is 67.6 Å².